The maximum Gasteiger partial charge on any atom is 0.423 e. The second-order valence-corrected chi connectivity index (χ2v) is 9.21. The summed E-state index contributed by atoms with van der Waals surface area (Å²) in [6.45, 7) is 0.0316. The van der Waals surface area contributed by atoms with Crippen molar-refractivity contribution in [3.05, 3.63) is 71.2 Å². The van der Waals surface area contributed by atoms with Crippen LogP contribution in [0.25, 0.3) is 33.4 Å². The van der Waals surface area contributed by atoms with Crippen LogP contribution in [0.5, 0.6) is 5.88 Å². The molecule has 2 aromatic carbocycles. The molecular weight excluding hydrogens is 497 g/mol. The third kappa shape index (κ3) is 4.02. The Hall–Kier alpha value is -3.11. The van der Waals surface area contributed by atoms with Gasteiger partial charge in [-0.25, -0.2) is 4.98 Å². The van der Waals surface area contributed by atoms with E-state index in [-0.39, 0.29) is 35.0 Å². The number of aliphatic hydroxyl groups excluding tert-OH is 1. The van der Waals surface area contributed by atoms with Gasteiger partial charge in [0.15, 0.2) is 6.10 Å². The van der Waals surface area contributed by atoms with Crippen LogP contribution in [0.1, 0.15) is 5.56 Å². The van der Waals surface area contributed by atoms with E-state index in [0.29, 0.717) is 5.56 Å². The molecule has 2 fully saturated rings. The highest BCUT2D eigenvalue weighted by atomic mass is 35.5. The molecule has 2 aromatic heterocycles. The molecule has 0 bridgehead atoms. The maximum atomic E-state index is 14.2. The summed E-state index contributed by atoms with van der Waals surface area (Å²) in [5.41, 5.74) is 1.55. The van der Waals surface area contributed by atoms with Crippen molar-refractivity contribution in [1.82, 2.24) is 9.97 Å². The summed E-state index contributed by atoms with van der Waals surface area (Å²) in [7, 11) is 0. The number of aromatic amines is 1. The molecule has 6 nitrogen and oxygen atoms in total. The first-order chi connectivity index (χ1) is 17.3. The van der Waals surface area contributed by atoms with Crippen molar-refractivity contribution in [2.45, 2.75) is 30.6 Å². The molecule has 0 amide bonds. The fourth-order valence-electron chi connectivity index (χ4n) is 4.77. The molecule has 0 saturated carbocycles. The molecule has 2 aliphatic heterocycles. The average Bonchev–Trinajstić information content (AvgIpc) is 3.54. The topological polar surface area (TPSA) is 76.6 Å². The van der Waals surface area contributed by atoms with Gasteiger partial charge in [0.1, 0.15) is 29.4 Å². The quantitative estimate of drug-likeness (QED) is 0.376. The Morgan fingerprint density at radius 2 is 1.61 bits per heavy atom. The minimum atomic E-state index is -4.75. The van der Waals surface area contributed by atoms with Crippen molar-refractivity contribution in [3.63, 3.8) is 0 Å². The number of nitrogens with zero attached hydrogens (tertiary/aromatic N) is 1. The number of aromatic nitrogens is 2. The Morgan fingerprint density at radius 1 is 0.944 bits per heavy atom. The number of pyridine rings is 1. The predicted molar refractivity (Wildman–Crippen MR) is 127 cm³/mol. The zero-order valence-electron chi connectivity index (χ0n) is 18.6. The van der Waals surface area contributed by atoms with Gasteiger partial charge in [-0.3, -0.25) is 0 Å². The summed E-state index contributed by atoms with van der Waals surface area (Å²) in [5, 5.41) is 10.1. The zero-order chi connectivity index (χ0) is 25.0. The number of halogens is 4. The maximum absolute atomic E-state index is 14.2. The normalized spacial score (nSPS) is 23.8. The van der Waals surface area contributed by atoms with Crippen molar-refractivity contribution in [2.24, 2.45) is 0 Å². The Morgan fingerprint density at radius 3 is 2.33 bits per heavy atom. The fourth-order valence-corrected chi connectivity index (χ4v) is 5.03. The fraction of sp³-hybridized carbons (Fsp3) is 0.269. The number of hydrogen-bond donors (Lipinski definition) is 2. The lowest BCUT2D eigenvalue weighted by Crippen LogP contribution is -2.35. The van der Waals surface area contributed by atoms with Crippen molar-refractivity contribution in [1.29, 1.82) is 0 Å². The molecule has 2 N–H and O–H groups in total. The summed E-state index contributed by atoms with van der Waals surface area (Å²) >= 11 is 6.46. The predicted octanol–water partition coefficient (Wildman–Crippen LogP) is 5.48. The number of aliphatic hydroxyl groups is 1. The molecule has 0 unspecified atom stereocenters. The van der Waals surface area contributed by atoms with Crippen LogP contribution in [0.2, 0.25) is 5.02 Å². The number of nitrogens with one attached hydrogen (secondary N) is 1. The van der Waals surface area contributed by atoms with Gasteiger partial charge in [0.05, 0.1) is 29.4 Å². The van der Waals surface area contributed by atoms with Crippen LogP contribution in [-0.2, 0) is 15.7 Å². The van der Waals surface area contributed by atoms with Crippen LogP contribution in [-0.4, -0.2) is 52.7 Å². The van der Waals surface area contributed by atoms with Crippen LogP contribution in [0.3, 0.4) is 0 Å². The number of fused-ring (bicyclic) bond motifs is 2. The van der Waals surface area contributed by atoms with Gasteiger partial charge in [0, 0.05) is 5.56 Å². The van der Waals surface area contributed by atoms with E-state index in [1.165, 1.54) is 6.07 Å². The lowest BCUT2D eigenvalue weighted by atomic mass is 10.0. The molecule has 2 saturated heterocycles. The van der Waals surface area contributed by atoms with E-state index in [9.17, 15) is 18.3 Å². The van der Waals surface area contributed by atoms with E-state index in [2.05, 4.69) is 9.97 Å². The smallest absolute Gasteiger partial charge is 0.423 e. The molecular formula is C26H20ClF3N2O4. The third-order valence-electron chi connectivity index (χ3n) is 6.49. The number of alkyl halides is 3. The molecule has 0 radical (unpaired) electrons. The lowest BCUT2D eigenvalue weighted by molar-refractivity contribution is -0.138. The second-order valence-electron chi connectivity index (χ2n) is 8.80. The number of benzene rings is 2. The van der Waals surface area contributed by atoms with Crippen molar-refractivity contribution >= 4 is 22.6 Å². The molecule has 186 valence electrons. The highest BCUT2D eigenvalue weighted by Crippen LogP contribution is 2.44. The molecule has 36 heavy (non-hydrogen) atoms. The largest absolute Gasteiger partial charge is 0.470 e. The van der Waals surface area contributed by atoms with E-state index >= 15 is 0 Å². The first kappa shape index (κ1) is 23.3. The number of ether oxygens (including phenoxy) is 3. The standard InChI is InChI=1S/C26H20ClF3N2O4/c27-16-10-17-22(32-21(16)15-8-6-14(7-9-15)13-4-2-1-3-5-13)20(26(28,29)30)25(31-17)36-19-12-35-23-18(33)11-34-24(19)23/h1-10,18-19,23-24,31,33H,11-12H2/t18-,19-,23-,24-/m1/s1. The van der Waals surface area contributed by atoms with E-state index in [1.807, 2.05) is 42.5 Å². The number of hydrogen-bond acceptors (Lipinski definition) is 5. The molecule has 4 atom stereocenters. The van der Waals surface area contributed by atoms with E-state index in [0.717, 1.165) is 11.1 Å². The van der Waals surface area contributed by atoms with Crippen LogP contribution >= 0.6 is 11.6 Å². The summed E-state index contributed by atoms with van der Waals surface area (Å²) in [6, 6.07) is 18.4. The lowest BCUT2D eigenvalue weighted by Gasteiger charge is -2.18. The van der Waals surface area contributed by atoms with Crippen LogP contribution < -0.4 is 4.74 Å². The van der Waals surface area contributed by atoms with Gasteiger partial charge in [-0.05, 0) is 17.2 Å². The number of H-pyrrole nitrogens is 1. The molecule has 4 heterocycles. The van der Waals surface area contributed by atoms with Gasteiger partial charge in [0.25, 0.3) is 0 Å². The number of rotatable bonds is 4. The summed E-state index contributed by atoms with van der Waals surface area (Å²) < 4.78 is 59.3. The third-order valence-corrected chi connectivity index (χ3v) is 6.78. The minimum absolute atomic E-state index is 0.00769. The van der Waals surface area contributed by atoms with Crippen molar-refractivity contribution in [2.75, 3.05) is 13.2 Å². The SMILES string of the molecule is O[C@@H]1CO[C@H]2[C@@H]1OC[C@H]2Oc1[nH]c2cc(Cl)c(-c3ccc(-c4ccccc4)cc3)nc2c1C(F)(F)F. The van der Waals surface area contributed by atoms with E-state index < -0.39 is 42.0 Å². The summed E-state index contributed by atoms with van der Waals surface area (Å²) in [6.07, 6.45) is -7.71. The van der Waals surface area contributed by atoms with Gasteiger partial charge in [-0.1, -0.05) is 66.2 Å². The van der Waals surface area contributed by atoms with Gasteiger partial charge >= 0.3 is 6.18 Å². The van der Waals surface area contributed by atoms with Crippen LogP contribution in [0.15, 0.2) is 60.7 Å². The molecule has 0 spiro atoms. The molecule has 6 rings (SSSR count). The first-order valence-corrected chi connectivity index (χ1v) is 11.7. The van der Waals surface area contributed by atoms with E-state index in [1.54, 1.807) is 12.1 Å². The Bertz CT molecular complexity index is 1410. The van der Waals surface area contributed by atoms with Gasteiger partial charge < -0.3 is 24.3 Å². The Kier molecular flexibility index (Phi) is 5.68. The van der Waals surface area contributed by atoms with Crippen molar-refractivity contribution in [3.8, 4) is 28.3 Å². The minimum Gasteiger partial charge on any atom is -0.470 e. The summed E-state index contributed by atoms with van der Waals surface area (Å²) in [4.78, 5) is 7.00. The Balaban J connectivity index is 1.38. The summed E-state index contributed by atoms with van der Waals surface area (Å²) in [5.74, 6) is -0.489. The van der Waals surface area contributed by atoms with Gasteiger partial charge in [-0.2, -0.15) is 13.2 Å². The zero-order valence-corrected chi connectivity index (χ0v) is 19.4. The van der Waals surface area contributed by atoms with Gasteiger partial charge in [-0.15, -0.1) is 0 Å². The molecule has 2 aliphatic rings. The highest BCUT2D eigenvalue weighted by Gasteiger charge is 2.49. The molecule has 4 aromatic rings. The molecule has 10 heteroatoms. The van der Waals surface area contributed by atoms with Crippen LogP contribution in [0, 0.1) is 0 Å². The average molecular weight is 517 g/mol. The monoisotopic (exact) mass is 516 g/mol. The van der Waals surface area contributed by atoms with Crippen LogP contribution in [0.4, 0.5) is 13.2 Å². The van der Waals surface area contributed by atoms with E-state index in [4.69, 9.17) is 25.8 Å². The Labute approximate surface area is 208 Å². The first-order valence-electron chi connectivity index (χ1n) is 11.3. The van der Waals surface area contributed by atoms with Gasteiger partial charge in [0.2, 0.25) is 5.88 Å². The molecule has 0 aliphatic carbocycles. The van der Waals surface area contributed by atoms with Crippen molar-refractivity contribution < 1.29 is 32.5 Å². The second kappa shape index (κ2) is 8.77. The highest BCUT2D eigenvalue weighted by molar-refractivity contribution is 6.33.